The van der Waals surface area contributed by atoms with E-state index >= 15 is 0 Å². The van der Waals surface area contributed by atoms with Gasteiger partial charge in [0.2, 0.25) is 5.91 Å². The van der Waals surface area contributed by atoms with Crippen molar-refractivity contribution < 1.29 is 23.1 Å². The van der Waals surface area contributed by atoms with Crippen LogP contribution in [0, 0.1) is 17.0 Å². The third-order valence-corrected chi connectivity index (χ3v) is 5.79. The van der Waals surface area contributed by atoms with Crippen molar-refractivity contribution in [2.24, 2.45) is 5.41 Å². The summed E-state index contributed by atoms with van der Waals surface area (Å²) >= 11 is 0. The number of carbonyl (C=O) groups is 2. The van der Waals surface area contributed by atoms with E-state index in [1.54, 1.807) is 4.90 Å². The molecule has 0 saturated carbocycles. The van der Waals surface area contributed by atoms with E-state index in [2.05, 4.69) is 6.92 Å². The molecule has 2 aliphatic heterocycles. The first-order chi connectivity index (χ1) is 13.4. The van der Waals surface area contributed by atoms with Crippen molar-refractivity contribution in [3.05, 3.63) is 29.8 Å². The van der Waals surface area contributed by atoms with E-state index < -0.39 is 11.6 Å². The van der Waals surface area contributed by atoms with Gasteiger partial charge in [-0.15, -0.1) is 0 Å². The van der Waals surface area contributed by atoms with Crippen LogP contribution in [0.5, 0.6) is 5.75 Å². The molecule has 5 nitrogen and oxygen atoms in total. The average molecular weight is 394 g/mol. The number of carbonyl (C=O) groups excluding carboxylic acids is 2. The van der Waals surface area contributed by atoms with Crippen LogP contribution in [0.2, 0.25) is 0 Å². The Labute approximate surface area is 164 Å². The van der Waals surface area contributed by atoms with Crippen LogP contribution in [0.25, 0.3) is 0 Å². The normalized spacial score (nSPS) is 22.6. The van der Waals surface area contributed by atoms with Gasteiger partial charge in [0.25, 0.3) is 5.91 Å². The lowest BCUT2D eigenvalue weighted by molar-refractivity contribution is -0.144. The molecule has 2 fully saturated rings. The van der Waals surface area contributed by atoms with Crippen LogP contribution < -0.4 is 4.74 Å². The predicted octanol–water partition coefficient (Wildman–Crippen LogP) is 3.37. The number of amides is 2. The van der Waals surface area contributed by atoms with Crippen molar-refractivity contribution in [3.8, 4) is 5.75 Å². The number of halogens is 2. The molecule has 2 aliphatic rings. The number of nitrogens with zero attached hydrogens (tertiary/aromatic N) is 2. The third kappa shape index (κ3) is 4.80. The second kappa shape index (κ2) is 8.88. The smallest absolute Gasteiger partial charge is 0.260 e. The van der Waals surface area contributed by atoms with Crippen molar-refractivity contribution in [2.75, 3.05) is 32.8 Å². The maximum atomic E-state index is 13.7. The summed E-state index contributed by atoms with van der Waals surface area (Å²) in [5, 5.41) is 0. The van der Waals surface area contributed by atoms with E-state index in [1.165, 1.54) is 6.07 Å². The van der Waals surface area contributed by atoms with Gasteiger partial charge in [-0.1, -0.05) is 13.3 Å². The average Bonchev–Trinajstić information content (AvgIpc) is 2.68. The van der Waals surface area contributed by atoms with E-state index in [4.69, 9.17) is 4.74 Å². The Bertz CT molecular complexity index is 728. The van der Waals surface area contributed by atoms with Crippen LogP contribution in [0.4, 0.5) is 8.78 Å². The Balaban J connectivity index is 1.59. The maximum absolute atomic E-state index is 13.7. The number of hydrogen-bond acceptors (Lipinski definition) is 3. The van der Waals surface area contributed by atoms with Gasteiger partial charge in [-0.3, -0.25) is 9.59 Å². The van der Waals surface area contributed by atoms with Crippen molar-refractivity contribution in [3.63, 3.8) is 0 Å². The Morgan fingerprint density at radius 3 is 2.82 bits per heavy atom. The lowest BCUT2D eigenvalue weighted by atomic mass is 9.73. The molecule has 2 saturated heterocycles. The topological polar surface area (TPSA) is 49.9 Å². The van der Waals surface area contributed by atoms with Crippen LogP contribution in [0.15, 0.2) is 18.2 Å². The van der Waals surface area contributed by atoms with E-state index in [1.807, 2.05) is 4.90 Å². The summed E-state index contributed by atoms with van der Waals surface area (Å²) in [5.74, 6) is -1.64. The van der Waals surface area contributed by atoms with Gasteiger partial charge in [0.05, 0.1) is 0 Å². The number of unbranched alkanes of at least 4 members (excludes halogenated alkanes) is 1. The molecule has 2 amide bonds. The minimum Gasteiger partial charge on any atom is -0.481 e. The monoisotopic (exact) mass is 394 g/mol. The standard InChI is InChI=1S/C21H28F2N2O3/c1-2-3-10-24-14-21(9-7-19(24)26)8-4-11-25(15-21)20(27)13-28-18-6-5-16(22)12-17(18)23/h5-6,12H,2-4,7-11,13-15H2,1H3/t21-/m1/s1. The maximum Gasteiger partial charge on any atom is 0.260 e. The molecule has 0 aromatic heterocycles. The minimum absolute atomic E-state index is 0.0588. The highest BCUT2D eigenvalue weighted by molar-refractivity contribution is 5.79. The van der Waals surface area contributed by atoms with Gasteiger partial charge in [-0.2, -0.15) is 0 Å². The molecule has 1 spiro atoms. The first-order valence-corrected chi connectivity index (χ1v) is 10.1. The van der Waals surface area contributed by atoms with Crippen LogP contribution in [0.1, 0.15) is 45.4 Å². The predicted molar refractivity (Wildman–Crippen MR) is 101 cm³/mol. The Morgan fingerprint density at radius 1 is 1.25 bits per heavy atom. The summed E-state index contributed by atoms with van der Waals surface area (Å²) in [7, 11) is 0. The molecule has 0 bridgehead atoms. The Kier molecular flexibility index (Phi) is 6.52. The summed E-state index contributed by atoms with van der Waals surface area (Å²) in [6.07, 6.45) is 5.24. The van der Waals surface area contributed by atoms with Crippen LogP contribution in [-0.4, -0.2) is 54.4 Å². The van der Waals surface area contributed by atoms with Crippen LogP contribution in [-0.2, 0) is 9.59 Å². The van der Waals surface area contributed by atoms with Gasteiger partial charge in [0.15, 0.2) is 18.2 Å². The van der Waals surface area contributed by atoms with E-state index in [9.17, 15) is 18.4 Å². The fourth-order valence-electron chi connectivity index (χ4n) is 4.23. The Hall–Kier alpha value is -2.18. The minimum atomic E-state index is -0.819. The zero-order valence-corrected chi connectivity index (χ0v) is 16.4. The Morgan fingerprint density at radius 2 is 2.07 bits per heavy atom. The first-order valence-electron chi connectivity index (χ1n) is 10.1. The van der Waals surface area contributed by atoms with Gasteiger partial charge in [0, 0.05) is 44.1 Å². The zero-order valence-electron chi connectivity index (χ0n) is 16.4. The highest BCUT2D eigenvalue weighted by atomic mass is 19.1. The summed E-state index contributed by atoms with van der Waals surface area (Å²) in [5.41, 5.74) is -0.0588. The van der Waals surface area contributed by atoms with Crippen molar-refractivity contribution >= 4 is 11.8 Å². The highest BCUT2D eigenvalue weighted by Crippen LogP contribution is 2.39. The number of likely N-dealkylation sites (tertiary alicyclic amines) is 2. The molecule has 1 atom stereocenters. The zero-order chi connectivity index (χ0) is 20.1. The quantitative estimate of drug-likeness (QED) is 0.743. The van der Waals surface area contributed by atoms with Crippen molar-refractivity contribution in [1.29, 1.82) is 0 Å². The van der Waals surface area contributed by atoms with E-state index in [0.717, 1.165) is 50.8 Å². The number of ether oxygens (including phenoxy) is 1. The molecule has 0 N–H and O–H groups in total. The molecule has 3 rings (SSSR count). The van der Waals surface area contributed by atoms with Gasteiger partial charge >= 0.3 is 0 Å². The van der Waals surface area contributed by atoms with Crippen LogP contribution >= 0.6 is 0 Å². The molecule has 0 radical (unpaired) electrons. The fraction of sp³-hybridized carbons (Fsp3) is 0.619. The summed E-state index contributed by atoms with van der Waals surface area (Å²) in [6, 6.07) is 3.02. The number of benzene rings is 1. The lowest BCUT2D eigenvalue weighted by Gasteiger charge is -2.48. The van der Waals surface area contributed by atoms with Crippen LogP contribution in [0.3, 0.4) is 0 Å². The van der Waals surface area contributed by atoms with Crippen molar-refractivity contribution in [2.45, 2.75) is 45.4 Å². The number of rotatable bonds is 6. The highest BCUT2D eigenvalue weighted by Gasteiger charge is 2.42. The molecule has 0 aliphatic carbocycles. The second-order valence-corrected chi connectivity index (χ2v) is 7.95. The SMILES string of the molecule is CCCCN1C[C@@]2(CCCN(C(=O)COc3ccc(F)cc3F)C2)CCC1=O. The van der Waals surface area contributed by atoms with E-state index in [-0.39, 0.29) is 29.6 Å². The second-order valence-electron chi connectivity index (χ2n) is 7.95. The van der Waals surface area contributed by atoms with Gasteiger partial charge in [-0.05, 0) is 37.8 Å². The molecule has 7 heteroatoms. The third-order valence-electron chi connectivity index (χ3n) is 5.79. The molecule has 1 aromatic rings. The molecule has 28 heavy (non-hydrogen) atoms. The molecule has 0 unspecified atom stereocenters. The van der Waals surface area contributed by atoms with Gasteiger partial charge in [0.1, 0.15) is 5.82 Å². The lowest BCUT2D eigenvalue weighted by Crippen LogP contribution is -2.55. The summed E-state index contributed by atoms with van der Waals surface area (Å²) < 4.78 is 31.9. The number of hydrogen-bond donors (Lipinski definition) is 0. The summed E-state index contributed by atoms with van der Waals surface area (Å²) in [4.78, 5) is 28.5. The summed E-state index contributed by atoms with van der Waals surface area (Å²) in [6.45, 7) is 4.53. The molecular weight excluding hydrogens is 366 g/mol. The molecular formula is C21H28F2N2O3. The fourth-order valence-corrected chi connectivity index (χ4v) is 4.23. The number of piperidine rings is 2. The molecule has 1 aromatic carbocycles. The molecule has 154 valence electrons. The van der Waals surface area contributed by atoms with E-state index in [0.29, 0.717) is 26.1 Å². The van der Waals surface area contributed by atoms with Gasteiger partial charge in [-0.25, -0.2) is 8.78 Å². The first kappa shape index (κ1) is 20.6. The molecule has 2 heterocycles. The van der Waals surface area contributed by atoms with Crippen molar-refractivity contribution in [1.82, 2.24) is 9.80 Å². The van der Waals surface area contributed by atoms with Gasteiger partial charge < -0.3 is 14.5 Å². The largest absolute Gasteiger partial charge is 0.481 e.